The van der Waals surface area contributed by atoms with Crippen LogP contribution in [0.3, 0.4) is 0 Å². The highest BCUT2D eigenvalue weighted by Crippen LogP contribution is 2.15. The second-order valence-corrected chi connectivity index (χ2v) is 5.09. The summed E-state index contributed by atoms with van der Waals surface area (Å²) in [5, 5.41) is 5.98. The van der Waals surface area contributed by atoms with Crippen molar-refractivity contribution < 1.29 is 14.3 Å². The van der Waals surface area contributed by atoms with E-state index in [-0.39, 0.29) is 11.7 Å². The summed E-state index contributed by atoms with van der Waals surface area (Å²) >= 11 is 0. The number of carbonyl (C=O) groups excluding carboxylic acids is 2. The number of hydrogen-bond donors (Lipinski definition) is 2. The number of amides is 1. The molecule has 0 radical (unpaired) electrons. The van der Waals surface area contributed by atoms with E-state index in [1.54, 1.807) is 31.4 Å². The van der Waals surface area contributed by atoms with Gasteiger partial charge < -0.3 is 15.4 Å². The number of ketones is 1. The Labute approximate surface area is 135 Å². The number of methoxy groups -OCH3 is 1. The van der Waals surface area contributed by atoms with E-state index in [4.69, 9.17) is 4.74 Å². The van der Waals surface area contributed by atoms with Crippen molar-refractivity contribution in [2.75, 3.05) is 24.3 Å². The van der Waals surface area contributed by atoms with Crippen molar-refractivity contribution in [2.45, 2.75) is 13.3 Å². The lowest BCUT2D eigenvalue weighted by molar-refractivity contribution is -0.115. The van der Waals surface area contributed by atoms with Crippen LogP contribution in [0.25, 0.3) is 0 Å². The lowest BCUT2D eigenvalue weighted by Gasteiger charge is -2.08. The van der Waals surface area contributed by atoms with Crippen LogP contribution in [0.2, 0.25) is 0 Å². The van der Waals surface area contributed by atoms with Gasteiger partial charge in [-0.1, -0.05) is 0 Å². The van der Waals surface area contributed by atoms with Crippen molar-refractivity contribution in [3.63, 3.8) is 0 Å². The first kappa shape index (κ1) is 16.5. The summed E-state index contributed by atoms with van der Waals surface area (Å²) in [6.07, 6.45) is 0.348. The summed E-state index contributed by atoms with van der Waals surface area (Å²) < 4.78 is 5.09. The molecule has 2 rings (SSSR count). The molecule has 0 spiro atoms. The number of benzene rings is 2. The molecular formula is C18H20N2O3. The Hall–Kier alpha value is -2.82. The molecule has 0 aliphatic rings. The number of Topliss-reactive ketones (excluding diaryl/α,β-unsaturated/α-hetero) is 1. The highest BCUT2D eigenvalue weighted by Gasteiger charge is 2.04. The van der Waals surface area contributed by atoms with Crippen LogP contribution in [0.4, 0.5) is 11.4 Å². The monoisotopic (exact) mass is 312 g/mol. The minimum atomic E-state index is -0.0819. The molecule has 5 heteroatoms. The van der Waals surface area contributed by atoms with Crippen LogP contribution in [0.15, 0.2) is 48.5 Å². The molecule has 0 saturated heterocycles. The van der Waals surface area contributed by atoms with E-state index in [1.165, 1.54) is 6.92 Å². The molecule has 0 unspecified atom stereocenters. The molecule has 0 aromatic heterocycles. The van der Waals surface area contributed by atoms with Gasteiger partial charge in [-0.05, 0) is 55.5 Å². The summed E-state index contributed by atoms with van der Waals surface area (Å²) in [6.45, 7) is 2.04. The van der Waals surface area contributed by atoms with Crippen LogP contribution < -0.4 is 15.4 Å². The smallest absolute Gasteiger partial charge is 0.226 e. The molecule has 1 amide bonds. The molecule has 2 N–H and O–H groups in total. The van der Waals surface area contributed by atoms with Crippen LogP contribution in [0.5, 0.6) is 5.75 Å². The zero-order chi connectivity index (χ0) is 16.7. The van der Waals surface area contributed by atoms with Gasteiger partial charge in [0, 0.05) is 29.9 Å². The molecule has 23 heavy (non-hydrogen) atoms. The van der Waals surface area contributed by atoms with E-state index in [1.807, 2.05) is 24.3 Å². The molecule has 2 aromatic carbocycles. The van der Waals surface area contributed by atoms with Crippen LogP contribution in [-0.4, -0.2) is 25.3 Å². The summed E-state index contributed by atoms with van der Waals surface area (Å²) in [6, 6.07) is 14.4. The average Bonchev–Trinajstić information content (AvgIpc) is 2.56. The fourth-order valence-electron chi connectivity index (χ4n) is 2.04. The van der Waals surface area contributed by atoms with Crippen molar-refractivity contribution in [2.24, 2.45) is 0 Å². The molecule has 0 aliphatic heterocycles. The third-order valence-electron chi connectivity index (χ3n) is 3.35. The predicted molar refractivity (Wildman–Crippen MR) is 91.2 cm³/mol. The van der Waals surface area contributed by atoms with E-state index in [2.05, 4.69) is 10.6 Å². The average molecular weight is 312 g/mol. The number of hydrogen-bond acceptors (Lipinski definition) is 4. The van der Waals surface area contributed by atoms with Gasteiger partial charge in [0.25, 0.3) is 0 Å². The quantitative estimate of drug-likeness (QED) is 0.770. The van der Waals surface area contributed by atoms with Gasteiger partial charge in [0.2, 0.25) is 5.91 Å². The molecule has 0 aliphatic carbocycles. The Morgan fingerprint density at radius 1 is 0.957 bits per heavy atom. The minimum Gasteiger partial charge on any atom is -0.497 e. The highest BCUT2D eigenvalue weighted by atomic mass is 16.5. The number of anilines is 2. The fourth-order valence-corrected chi connectivity index (χ4v) is 2.04. The normalized spacial score (nSPS) is 10.0. The molecular weight excluding hydrogens is 292 g/mol. The standard InChI is InChI=1S/C18H20N2O3/c1-13(21)14-3-5-16(6-4-14)20-18(22)11-12-19-15-7-9-17(23-2)10-8-15/h3-10,19H,11-12H2,1-2H3,(H,20,22). The van der Waals surface area contributed by atoms with Crippen molar-refractivity contribution in [3.05, 3.63) is 54.1 Å². The van der Waals surface area contributed by atoms with Crippen molar-refractivity contribution in [1.29, 1.82) is 0 Å². The zero-order valence-corrected chi connectivity index (χ0v) is 13.3. The van der Waals surface area contributed by atoms with Crippen LogP contribution in [0, 0.1) is 0 Å². The van der Waals surface area contributed by atoms with Gasteiger partial charge in [-0.25, -0.2) is 0 Å². The summed E-state index contributed by atoms with van der Waals surface area (Å²) in [4.78, 5) is 23.1. The fraction of sp³-hybridized carbons (Fsp3) is 0.222. The highest BCUT2D eigenvalue weighted by molar-refractivity contribution is 5.95. The molecule has 0 fully saturated rings. The molecule has 5 nitrogen and oxygen atoms in total. The van der Waals surface area contributed by atoms with Gasteiger partial charge in [-0.15, -0.1) is 0 Å². The van der Waals surface area contributed by atoms with Crippen LogP contribution in [0.1, 0.15) is 23.7 Å². The zero-order valence-electron chi connectivity index (χ0n) is 13.3. The first-order valence-corrected chi connectivity index (χ1v) is 7.37. The maximum absolute atomic E-state index is 11.9. The number of ether oxygens (including phenoxy) is 1. The molecule has 0 bridgehead atoms. The van der Waals surface area contributed by atoms with Crippen molar-refractivity contribution in [3.8, 4) is 5.75 Å². The molecule has 120 valence electrons. The lowest BCUT2D eigenvalue weighted by atomic mass is 10.1. The SMILES string of the molecule is COc1ccc(NCCC(=O)Nc2ccc(C(C)=O)cc2)cc1. The number of carbonyl (C=O) groups is 2. The third kappa shape index (κ3) is 5.14. The Bertz CT molecular complexity index is 664. The summed E-state index contributed by atoms with van der Waals surface area (Å²) in [5.74, 6) is 0.718. The summed E-state index contributed by atoms with van der Waals surface area (Å²) in [5.41, 5.74) is 2.25. The summed E-state index contributed by atoms with van der Waals surface area (Å²) in [7, 11) is 1.62. The Kier molecular flexibility index (Phi) is 5.74. The first-order valence-electron chi connectivity index (χ1n) is 7.37. The number of nitrogens with one attached hydrogen (secondary N) is 2. The Balaban J connectivity index is 1.77. The molecule has 0 saturated carbocycles. The predicted octanol–water partition coefficient (Wildman–Crippen LogP) is 3.34. The van der Waals surface area contributed by atoms with E-state index in [9.17, 15) is 9.59 Å². The van der Waals surface area contributed by atoms with Crippen molar-refractivity contribution in [1.82, 2.24) is 0 Å². The maximum atomic E-state index is 11.9. The van der Waals surface area contributed by atoms with E-state index in [0.29, 0.717) is 24.2 Å². The van der Waals surface area contributed by atoms with Crippen LogP contribution >= 0.6 is 0 Å². The number of rotatable bonds is 7. The van der Waals surface area contributed by atoms with Gasteiger partial charge in [0.05, 0.1) is 7.11 Å². The third-order valence-corrected chi connectivity index (χ3v) is 3.35. The minimum absolute atomic E-state index is 0.00608. The van der Waals surface area contributed by atoms with E-state index >= 15 is 0 Å². The van der Waals surface area contributed by atoms with Crippen LogP contribution in [-0.2, 0) is 4.79 Å². The largest absolute Gasteiger partial charge is 0.497 e. The first-order chi connectivity index (χ1) is 11.1. The lowest BCUT2D eigenvalue weighted by Crippen LogP contribution is -2.16. The second kappa shape index (κ2) is 7.98. The Morgan fingerprint density at radius 3 is 2.13 bits per heavy atom. The maximum Gasteiger partial charge on any atom is 0.226 e. The van der Waals surface area contributed by atoms with Crippen molar-refractivity contribution >= 4 is 23.1 Å². The second-order valence-electron chi connectivity index (χ2n) is 5.09. The van der Waals surface area contributed by atoms with E-state index in [0.717, 1.165) is 11.4 Å². The van der Waals surface area contributed by atoms with Gasteiger partial charge in [0.1, 0.15) is 5.75 Å². The van der Waals surface area contributed by atoms with Gasteiger partial charge in [0.15, 0.2) is 5.78 Å². The topological polar surface area (TPSA) is 67.4 Å². The Morgan fingerprint density at radius 2 is 1.57 bits per heavy atom. The van der Waals surface area contributed by atoms with Gasteiger partial charge in [-0.2, -0.15) is 0 Å². The molecule has 0 atom stereocenters. The van der Waals surface area contributed by atoms with E-state index < -0.39 is 0 Å². The van der Waals surface area contributed by atoms with Gasteiger partial charge in [-0.3, -0.25) is 9.59 Å². The molecule has 0 heterocycles. The van der Waals surface area contributed by atoms with Gasteiger partial charge >= 0.3 is 0 Å². The molecule has 2 aromatic rings.